The first-order chi connectivity index (χ1) is 14.6. The summed E-state index contributed by atoms with van der Waals surface area (Å²) in [5.74, 6) is 0.914. The molecule has 31 heavy (non-hydrogen) atoms. The van der Waals surface area contributed by atoms with Gasteiger partial charge in [0.05, 0.1) is 35.7 Å². The van der Waals surface area contributed by atoms with Gasteiger partial charge in [-0.2, -0.15) is 0 Å². The van der Waals surface area contributed by atoms with E-state index in [0.717, 1.165) is 39.1 Å². The van der Waals surface area contributed by atoms with E-state index in [1.165, 1.54) is 0 Å². The van der Waals surface area contributed by atoms with Crippen molar-refractivity contribution in [2.24, 2.45) is 10.8 Å². The van der Waals surface area contributed by atoms with Crippen LogP contribution in [0, 0.1) is 31.6 Å². The predicted molar refractivity (Wildman–Crippen MR) is 121 cm³/mol. The fourth-order valence-corrected chi connectivity index (χ4v) is 6.03. The minimum absolute atomic E-state index is 0.0277. The second-order valence-corrected chi connectivity index (χ2v) is 9.52. The Labute approximate surface area is 183 Å². The summed E-state index contributed by atoms with van der Waals surface area (Å²) in [5, 5.41) is 11.6. The van der Waals surface area contributed by atoms with Crippen molar-refractivity contribution >= 4 is 16.9 Å². The second kappa shape index (κ2) is 6.33. The van der Waals surface area contributed by atoms with E-state index in [1.54, 1.807) is 7.11 Å². The molecule has 1 saturated heterocycles. The molecule has 3 aliphatic rings. The van der Waals surface area contributed by atoms with Crippen LogP contribution in [0.25, 0.3) is 11.1 Å². The van der Waals surface area contributed by atoms with Crippen LogP contribution < -0.4 is 4.74 Å². The van der Waals surface area contributed by atoms with Gasteiger partial charge < -0.3 is 14.6 Å². The van der Waals surface area contributed by atoms with E-state index < -0.39 is 10.8 Å². The van der Waals surface area contributed by atoms with Crippen LogP contribution in [-0.4, -0.2) is 30.2 Å². The number of rotatable bonds is 3. The number of carbonyl (C=O) groups is 1. The van der Waals surface area contributed by atoms with Crippen molar-refractivity contribution in [3.05, 3.63) is 76.1 Å². The standard InChI is InChI=1S/C27H28O4/c1-14-11-15(2)21(16(3)12-14)22-23(28)26(4)20-13-19(17-7-9-18(30-6)10-8-17)25(31-20)27(26,5)24(22)29/h7-13,20,25,29H,1-6H3/t20-,25+,26+,27+/m0/s1. The molecule has 4 nitrogen and oxygen atoms in total. The van der Waals surface area contributed by atoms with Crippen LogP contribution in [0.15, 0.2) is 48.2 Å². The molecule has 2 heterocycles. The van der Waals surface area contributed by atoms with Crippen LogP contribution in [0.5, 0.6) is 5.75 Å². The molecule has 2 aromatic carbocycles. The van der Waals surface area contributed by atoms with E-state index in [-0.39, 0.29) is 23.8 Å². The number of aliphatic hydroxyl groups excluding tert-OH is 1. The molecule has 4 atom stereocenters. The van der Waals surface area contributed by atoms with Gasteiger partial charge in [0.25, 0.3) is 0 Å². The van der Waals surface area contributed by atoms with Gasteiger partial charge in [-0.1, -0.05) is 29.8 Å². The Morgan fingerprint density at radius 3 is 2.19 bits per heavy atom. The number of aryl methyl sites for hydroxylation is 3. The average Bonchev–Trinajstić information content (AvgIpc) is 3.32. The highest BCUT2D eigenvalue weighted by atomic mass is 16.5. The lowest BCUT2D eigenvalue weighted by molar-refractivity contribution is -0.125. The summed E-state index contributed by atoms with van der Waals surface area (Å²) in [7, 11) is 1.64. The van der Waals surface area contributed by atoms with Crippen molar-refractivity contribution in [3.8, 4) is 5.75 Å². The van der Waals surface area contributed by atoms with Gasteiger partial charge in [-0.25, -0.2) is 0 Å². The van der Waals surface area contributed by atoms with E-state index in [1.807, 2.05) is 58.9 Å². The van der Waals surface area contributed by atoms with Crippen molar-refractivity contribution in [3.63, 3.8) is 0 Å². The lowest BCUT2D eigenvalue weighted by Crippen LogP contribution is -2.47. The molecule has 2 bridgehead atoms. The molecule has 0 radical (unpaired) electrons. The van der Waals surface area contributed by atoms with Crippen LogP contribution in [0.3, 0.4) is 0 Å². The van der Waals surface area contributed by atoms with Gasteiger partial charge in [-0.3, -0.25) is 4.79 Å². The number of ether oxygens (including phenoxy) is 2. The molecule has 2 aliphatic heterocycles. The van der Waals surface area contributed by atoms with Crippen molar-refractivity contribution in [1.29, 1.82) is 0 Å². The third-order valence-corrected chi connectivity index (χ3v) is 7.85. The van der Waals surface area contributed by atoms with E-state index >= 15 is 0 Å². The monoisotopic (exact) mass is 416 g/mol. The second-order valence-electron chi connectivity index (χ2n) is 9.52. The van der Waals surface area contributed by atoms with Crippen molar-refractivity contribution in [1.82, 2.24) is 0 Å². The molecule has 4 heteroatoms. The first kappa shape index (κ1) is 20.1. The highest BCUT2D eigenvalue weighted by molar-refractivity contribution is 6.28. The van der Waals surface area contributed by atoms with Crippen LogP contribution in [0.4, 0.5) is 0 Å². The molecule has 0 spiro atoms. The molecule has 1 fully saturated rings. The van der Waals surface area contributed by atoms with Gasteiger partial charge in [0, 0.05) is 0 Å². The lowest BCUT2D eigenvalue weighted by atomic mass is 9.58. The number of hydrogen-bond donors (Lipinski definition) is 1. The molecule has 0 amide bonds. The van der Waals surface area contributed by atoms with Crippen LogP contribution in [-0.2, 0) is 9.53 Å². The quantitative estimate of drug-likeness (QED) is 0.733. The average molecular weight is 417 g/mol. The van der Waals surface area contributed by atoms with E-state index in [9.17, 15) is 9.90 Å². The smallest absolute Gasteiger partial charge is 0.176 e. The topological polar surface area (TPSA) is 55.8 Å². The number of fused-ring (bicyclic) bond motifs is 5. The first-order valence-corrected chi connectivity index (χ1v) is 10.7. The number of aliphatic hydroxyl groups is 1. The van der Waals surface area contributed by atoms with E-state index in [2.05, 4.69) is 18.2 Å². The summed E-state index contributed by atoms with van der Waals surface area (Å²) < 4.78 is 11.6. The van der Waals surface area contributed by atoms with Gasteiger partial charge in [-0.05, 0) is 80.7 Å². The number of ketones is 1. The predicted octanol–water partition coefficient (Wildman–Crippen LogP) is 5.35. The molecule has 0 saturated carbocycles. The fourth-order valence-electron chi connectivity index (χ4n) is 6.03. The minimum Gasteiger partial charge on any atom is -0.511 e. The maximum absolute atomic E-state index is 13.9. The van der Waals surface area contributed by atoms with E-state index in [0.29, 0.717) is 5.57 Å². The first-order valence-electron chi connectivity index (χ1n) is 10.7. The minimum atomic E-state index is -0.836. The summed E-state index contributed by atoms with van der Waals surface area (Å²) in [6.45, 7) is 9.99. The zero-order valence-corrected chi connectivity index (χ0v) is 18.9. The largest absolute Gasteiger partial charge is 0.511 e. The number of benzene rings is 2. The zero-order chi connectivity index (χ0) is 22.3. The van der Waals surface area contributed by atoms with Crippen LogP contribution >= 0.6 is 0 Å². The summed E-state index contributed by atoms with van der Waals surface area (Å²) in [5.41, 5.74) is 4.87. The lowest BCUT2D eigenvalue weighted by Gasteiger charge is -2.40. The van der Waals surface area contributed by atoms with Gasteiger partial charge in [-0.15, -0.1) is 0 Å². The summed E-state index contributed by atoms with van der Waals surface area (Å²) in [6.07, 6.45) is 1.30. The van der Waals surface area contributed by atoms with Gasteiger partial charge in [0.15, 0.2) is 5.78 Å². The van der Waals surface area contributed by atoms with Gasteiger partial charge in [0.2, 0.25) is 0 Å². The Balaban J connectivity index is 1.66. The van der Waals surface area contributed by atoms with Crippen molar-refractivity contribution < 1.29 is 19.4 Å². The number of carbonyl (C=O) groups excluding carboxylic acids is 1. The highest BCUT2D eigenvalue weighted by Crippen LogP contribution is 2.69. The summed E-state index contributed by atoms with van der Waals surface area (Å²) in [6, 6.07) is 12.0. The Bertz CT molecular complexity index is 1160. The number of hydrogen-bond acceptors (Lipinski definition) is 4. The third-order valence-electron chi connectivity index (χ3n) is 7.85. The number of Topliss-reactive ketones (excluding diaryl/α,β-unsaturated/α-hetero) is 1. The van der Waals surface area contributed by atoms with Gasteiger partial charge >= 0.3 is 0 Å². The Hall–Kier alpha value is -2.85. The van der Waals surface area contributed by atoms with Crippen LogP contribution in [0.1, 0.15) is 41.7 Å². The van der Waals surface area contributed by atoms with E-state index in [4.69, 9.17) is 9.47 Å². The maximum Gasteiger partial charge on any atom is 0.176 e. The molecular formula is C27H28O4. The molecule has 0 aromatic heterocycles. The molecular weight excluding hydrogens is 388 g/mol. The molecule has 160 valence electrons. The number of allylic oxidation sites excluding steroid dienone is 1. The van der Waals surface area contributed by atoms with Crippen molar-refractivity contribution in [2.45, 2.75) is 46.8 Å². The Kier molecular flexibility index (Phi) is 4.10. The summed E-state index contributed by atoms with van der Waals surface area (Å²) >= 11 is 0. The normalized spacial score (nSPS) is 31.3. The van der Waals surface area contributed by atoms with Crippen LogP contribution in [0.2, 0.25) is 0 Å². The van der Waals surface area contributed by atoms with Gasteiger partial charge in [0.1, 0.15) is 11.5 Å². The maximum atomic E-state index is 13.9. The molecule has 1 N–H and O–H groups in total. The molecule has 1 aliphatic carbocycles. The SMILES string of the molecule is COc1ccc(C2=C[C@@H]3O[C@H]2[C@@]2(C)C(O)=C(c4c(C)cc(C)cc4C)C(=O)[C@@]32C)cc1. The third kappa shape index (κ3) is 2.31. The van der Waals surface area contributed by atoms with Crippen molar-refractivity contribution in [2.75, 3.05) is 7.11 Å². The molecule has 2 aromatic rings. The molecule has 5 rings (SSSR count). The number of methoxy groups -OCH3 is 1. The Morgan fingerprint density at radius 1 is 1.00 bits per heavy atom. The summed E-state index contributed by atoms with van der Waals surface area (Å²) in [4.78, 5) is 13.9. The molecule has 0 unspecified atom stereocenters. The highest BCUT2D eigenvalue weighted by Gasteiger charge is 2.74. The fraction of sp³-hybridized carbons (Fsp3) is 0.370. The zero-order valence-electron chi connectivity index (χ0n) is 18.9. The Morgan fingerprint density at radius 2 is 1.61 bits per heavy atom.